The van der Waals surface area contributed by atoms with E-state index >= 15 is 0 Å². The van der Waals surface area contributed by atoms with Crippen LogP contribution >= 0.6 is 0 Å². The molecule has 0 radical (unpaired) electrons. The quantitative estimate of drug-likeness (QED) is 0.112. The third-order valence-electron chi connectivity index (χ3n) is 4.39. The SMILES string of the molecule is C=CC(=O)OC(OCCC(F)(F)C(F)(F)S(=O)(=O)O)(C(=O)N(CCCC)CCCC)C(F)(F)F. The fraction of sp³-hybridized carbons (Fsp3) is 0.778. The predicted molar refractivity (Wildman–Crippen MR) is 103 cm³/mol. The highest BCUT2D eigenvalue weighted by Gasteiger charge is 2.69. The molecule has 0 aromatic rings. The molecule has 0 fully saturated rings. The van der Waals surface area contributed by atoms with Crippen LogP contribution in [0.25, 0.3) is 0 Å². The second kappa shape index (κ2) is 12.2. The Labute approximate surface area is 191 Å². The number of hydrogen-bond donors (Lipinski definition) is 1. The Morgan fingerprint density at radius 1 is 1.00 bits per heavy atom. The van der Waals surface area contributed by atoms with Crippen molar-refractivity contribution in [1.29, 1.82) is 0 Å². The Hall–Kier alpha value is -1.94. The van der Waals surface area contributed by atoms with Gasteiger partial charge >= 0.3 is 45.1 Å². The maximum atomic E-state index is 14.0. The summed E-state index contributed by atoms with van der Waals surface area (Å²) in [4.78, 5) is 25.1. The first-order valence-corrected chi connectivity index (χ1v) is 11.4. The van der Waals surface area contributed by atoms with Gasteiger partial charge in [0.1, 0.15) is 0 Å². The Morgan fingerprint density at radius 3 is 1.82 bits per heavy atom. The molecular formula is C18H26F7NO7S. The lowest BCUT2D eigenvalue weighted by atomic mass is 10.1. The molecule has 1 N–H and O–H groups in total. The van der Waals surface area contributed by atoms with Crippen LogP contribution in [0.15, 0.2) is 12.7 Å². The number of carbonyl (C=O) groups is 2. The van der Waals surface area contributed by atoms with Crippen LogP contribution in [-0.2, 0) is 29.2 Å². The lowest BCUT2D eigenvalue weighted by molar-refractivity contribution is -0.352. The number of esters is 1. The molecule has 8 nitrogen and oxygen atoms in total. The summed E-state index contributed by atoms with van der Waals surface area (Å²) in [5.41, 5.74) is 0. The Kier molecular flexibility index (Phi) is 11.5. The number of unbranched alkanes of at least 4 members (excludes halogenated alkanes) is 2. The molecule has 0 saturated heterocycles. The molecule has 1 unspecified atom stereocenters. The summed E-state index contributed by atoms with van der Waals surface area (Å²) in [7, 11) is -6.66. The highest BCUT2D eigenvalue weighted by Crippen LogP contribution is 2.42. The van der Waals surface area contributed by atoms with Gasteiger partial charge in [-0.05, 0) is 12.8 Å². The molecule has 0 aliphatic heterocycles. The average Bonchev–Trinajstić information content (AvgIpc) is 2.70. The van der Waals surface area contributed by atoms with Gasteiger partial charge in [0.05, 0.1) is 6.61 Å². The van der Waals surface area contributed by atoms with E-state index in [1.54, 1.807) is 13.8 Å². The lowest BCUT2D eigenvalue weighted by Gasteiger charge is -2.37. The zero-order valence-corrected chi connectivity index (χ0v) is 19.2. The molecular weight excluding hydrogens is 507 g/mol. The third kappa shape index (κ3) is 7.53. The van der Waals surface area contributed by atoms with Crippen LogP contribution in [0.5, 0.6) is 0 Å². The van der Waals surface area contributed by atoms with Crippen LogP contribution in [0.1, 0.15) is 46.0 Å². The number of carbonyl (C=O) groups excluding carboxylic acids is 2. The van der Waals surface area contributed by atoms with Gasteiger partial charge in [-0.25, -0.2) is 4.79 Å². The van der Waals surface area contributed by atoms with Crippen molar-refractivity contribution in [2.24, 2.45) is 0 Å². The van der Waals surface area contributed by atoms with Crippen molar-refractivity contribution in [3.05, 3.63) is 12.7 Å². The minimum atomic E-state index is -6.66. The van der Waals surface area contributed by atoms with E-state index in [4.69, 9.17) is 4.55 Å². The van der Waals surface area contributed by atoms with Crippen molar-refractivity contribution in [1.82, 2.24) is 4.90 Å². The van der Waals surface area contributed by atoms with Crippen molar-refractivity contribution in [2.45, 2.75) is 69.1 Å². The van der Waals surface area contributed by atoms with Gasteiger partial charge in [0.15, 0.2) is 0 Å². The molecule has 16 heteroatoms. The number of rotatable bonds is 15. The van der Waals surface area contributed by atoms with Crippen LogP contribution in [0, 0.1) is 0 Å². The van der Waals surface area contributed by atoms with Gasteiger partial charge in [-0.3, -0.25) is 9.35 Å². The normalized spacial score (nSPS) is 14.9. The summed E-state index contributed by atoms with van der Waals surface area (Å²) in [6.45, 7) is 3.63. The fourth-order valence-corrected chi connectivity index (χ4v) is 2.94. The monoisotopic (exact) mass is 533 g/mol. The predicted octanol–water partition coefficient (Wildman–Crippen LogP) is 3.93. The van der Waals surface area contributed by atoms with Gasteiger partial charge in [-0.1, -0.05) is 33.3 Å². The van der Waals surface area contributed by atoms with Crippen molar-refractivity contribution < 1.29 is 62.8 Å². The Bertz CT molecular complexity index is 810. The van der Waals surface area contributed by atoms with Crippen LogP contribution in [0.3, 0.4) is 0 Å². The van der Waals surface area contributed by atoms with Gasteiger partial charge in [0, 0.05) is 25.6 Å². The van der Waals surface area contributed by atoms with Gasteiger partial charge in [0.2, 0.25) is 0 Å². The first-order valence-electron chi connectivity index (χ1n) is 9.92. The van der Waals surface area contributed by atoms with E-state index in [2.05, 4.69) is 16.1 Å². The summed E-state index contributed by atoms with van der Waals surface area (Å²) in [5.74, 6) is -14.0. The van der Waals surface area contributed by atoms with Crippen molar-refractivity contribution in [3.8, 4) is 0 Å². The van der Waals surface area contributed by atoms with E-state index in [1.165, 1.54) is 0 Å². The molecule has 34 heavy (non-hydrogen) atoms. The van der Waals surface area contributed by atoms with E-state index < -0.39 is 58.2 Å². The van der Waals surface area contributed by atoms with Crippen molar-refractivity contribution >= 4 is 22.0 Å². The maximum Gasteiger partial charge on any atom is 0.466 e. The zero-order chi connectivity index (χ0) is 27.0. The van der Waals surface area contributed by atoms with Gasteiger partial charge in [-0.2, -0.15) is 39.2 Å². The number of alkyl halides is 7. The fourth-order valence-electron chi connectivity index (χ4n) is 2.46. The number of nitrogens with zero attached hydrogens (tertiary/aromatic N) is 1. The molecule has 200 valence electrons. The standard InChI is InChI=1S/C18H26F7NO7S/c1-4-7-10-26(11-8-5-2)14(28)16(17(21,22)23,33-13(27)6-3)32-12-9-15(19,20)18(24,25)34(29,30)31/h6H,3-5,7-12H2,1-2H3,(H,29,30,31). The first-order chi connectivity index (χ1) is 15.3. The number of ether oxygens (including phenoxy) is 2. The summed E-state index contributed by atoms with van der Waals surface area (Å²) in [6, 6.07) is 0. The highest BCUT2D eigenvalue weighted by molar-refractivity contribution is 7.87. The summed E-state index contributed by atoms with van der Waals surface area (Å²) >= 11 is 0. The van der Waals surface area contributed by atoms with Crippen LogP contribution in [0.2, 0.25) is 0 Å². The van der Waals surface area contributed by atoms with E-state index in [0.29, 0.717) is 17.7 Å². The van der Waals surface area contributed by atoms with Crippen LogP contribution in [-0.4, -0.2) is 72.6 Å². The second-order valence-electron chi connectivity index (χ2n) is 7.03. The van der Waals surface area contributed by atoms with E-state index in [-0.39, 0.29) is 32.0 Å². The zero-order valence-electron chi connectivity index (χ0n) is 18.3. The van der Waals surface area contributed by atoms with E-state index in [0.717, 1.165) is 0 Å². The topological polar surface area (TPSA) is 110 Å². The second-order valence-corrected chi connectivity index (χ2v) is 8.50. The Balaban J connectivity index is 6.28. The minimum absolute atomic E-state index is 0.206. The van der Waals surface area contributed by atoms with E-state index in [9.17, 15) is 48.7 Å². The number of amides is 1. The third-order valence-corrected chi connectivity index (χ3v) is 5.33. The minimum Gasteiger partial charge on any atom is -0.412 e. The lowest BCUT2D eigenvalue weighted by Crippen LogP contribution is -2.62. The molecule has 0 saturated carbocycles. The summed E-state index contributed by atoms with van der Waals surface area (Å²) < 4.78 is 134. The smallest absolute Gasteiger partial charge is 0.412 e. The van der Waals surface area contributed by atoms with Crippen molar-refractivity contribution in [3.63, 3.8) is 0 Å². The molecule has 0 rings (SSSR count). The summed E-state index contributed by atoms with van der Waals surface area (Å²) in [6.07, 6.45) is -6.78. The molecule has 0 heterocycles. The van der Waals surface area contributed by atoms with Crippen LogP contribution in [0.4, 0.5) is 30.7 Å². The highest BCUT2D eigenvalue weighted by atomic mass is 32.2. The molecule has 0 bridgehead atoms. The summed E-state index contributed by atoms with van der Waals surface area (Å²) in [5, 5.41) is -6.08. The first kappa shape index (κ1) is 32.1. The van der Waals surface area contributed by atoms with Gasteiger partial charge in [0.25, 0.3) is 0 Å². The van der Waals surface area contributed by atoms with Gasteiger partial charge in [-0.15, -0.1) is 0 Å². The molecule has 1 amide bonds. The molecule has 0 aromatic carbocycles. The van der Waals surface area contributed by atoms with Crippen LogP contribution < -0.4 is 0 Å². The Morgan fingerprint density at radius 2 is 1.47 bits per heavy atom. The molecule has 0 aliphatic carbocycles. The van der Waals surface area contributed by atoms with Gasteiger partial charge < -0.3 is 14.4 Å². The number of halogens is 7. The van der Waals surface area contributed by atoms with E-state index in [1.807, 2.05) is 0 Å². The number of hydrogen-bond acceptors (Lipinski definition) is 6. The molecule has 0 aliphatic rings. The molecule has 0 spiro atoms. The molecule has 0 aromatic heterocycles. The molecule has 1 atom stereocenters. The largest absolute Gasteiger partial charge is 0.466 e. The maximum absolute atomic E-state index is 14.0. The van der Waals surface area contributed by atoms with Crippen molar-refractivity contribution in [2.75, 3.05) is 19.7 Å². The average molecular weight is 533 g/mol.